The monoisotopic (exact) mass is 413 g/mol. The normalized spacial score (nSPS) is 12.1. The molecule has 6 heteroatoms. The van der Waals surface area contributed by atoms with Crippen LogP contribution < -0.4 is 10.6 Å². The van der Waals surface area contributed by atoms with Crippen molar-refractivity contribution in [1.82, 2.24) is 15.5 Å². The maximum absolute atomic E-state index is 13.1. The van der Waals surface area contributed by atoms with Crippen molar-refractivity contribution in [3.05, 3.63) is 71.0 Å². The highest BCUT2D eigenvalue weighted by Crippen LogP contribution is 2.09. The lowest BCUT2D eigenvalue weighted by atomic mass is 10.0. The zero-order valence-corrected chi connectivity index (χ0v) is 18.2. The zero-order valence-electron chi connectivity index (χ0n) is 18.2. The van der Waals surface area contributed by atoms with E-state index < -0.39 is 17.8 Å². The molecule has 5 nitrogen and oxygen atoms in total. The van der Waals surface area contributed by atoms with Crippen LogP contribution in [-0.2, 0) is 17.9 Å². The second kappa shape index (κ2) is 11.5. The van der Waals surface area contributed by atoms with Crippen LogP contribution in [-0.4, -0.2) is 35.8 Å². The minimum Gasteiger partial charge on any atom is -0.350 e. The lowest BCUT2D eigenvalue weighted by Crippen LogP contribution is -2.49. The quantitative estimate of drug-likeness (QED) is 0.624. The minimum atomic E-state index is -0.676. The number of amides is 2. The van der Waals surface area contributed by atoms with Gasteiger partial charge in [-0.05, 0) is 54.4 Å². The van der Waals surface area contributed by atoms with Crippen molar-refractivity contribution in [3.8, 4) is 0 Å². The molecule has 0 aromatic heterocycles. The van der Waals surface area contributed by atoms with E-state index in [4.69, 9.17) is 0 Å². The molecule has 30 heavy (non-hydrogen) atoms. The molecule has 2 aromatic rings. The van der Waals surface area contributed by atoms with Crippen molar-refractivity contribution in [3.63, 3.8) is 0 Å². The summed E-state index contributed by atoms with van der Waals surface area (Å²) in [5.74, 6) is -1.14. The molecule has 0 saturated carbocycles. The molecule has 2 amide bonds. The minimum absolute atomic E-state index is 0.0918. The van der Waals surface area contributed by atoms with Gasteiger partial charge in [0.1, 0.15) is 11.9 Å². The molecule has 2 rings (SSSR count). The van der Waals surface area contributed by atoms with Crippen molar-refractivity contribution in [2.45, 2.75) is 46.8 Å². The van der Waals surface area contributed by atoms with E-state index >= 15 is 0 Å². The van der Waals surface area contributed by atoms with Crippen LogP contribution >= 0.6 is 0 Å². The fourth-order valence-electron chi connectivity index (χ4n) is 3.13. The predicted octanol–water partition coefficient (Wildman–Crippen LogP) is 3.74. The number of nitrogens with zero attached hydrogens (tertiary/aromatic N) is 1. The van der Waals surface area contributed by atoms with Crippen LogP contribution in [0.5, 0.6) is 0 Å². The SMILES string of the molecule is CCN(CC)Cc1ccc(CNC(=O)[C@@H](NC(=O)c2ccc(F)cc2)C(C)C)cc1. The second-order valence-electron chi connectivity index (χ2n) is 7.70. The molecule has 0 radical (unpaired) electrons. The van der Waals surface area contributed by atoms with Gasteiger partial charge in [-0.2, -0.15) is 0 Å². The lowest BCUT2D eigenvalue weighted by Gasteiger charge is -2.22. The summed E-state index contributed by atoms with van der Waals surface area (Å²) in [4.78, 5) is 27.4. The molecule has 0 bridgehead atoms. The number of nitrogens with one attached hydrogen (secondary N) is 2. The summed E-state index contributed by atoms with van der Waals surface area (Å²) in [5.41, 5.74) is 2.55. The summed E-state index contributed by atoms with van der Waals surface area (Å²) in [6.07, 6.45) is 0. The Morgan fingerprint density at radius 1 is 0.933 bits per heavy atom. The van der Waals surface area contributed by atoms with Crippen LogP contribution in [0, 0.1) is 11.7 Å². The Hall–Kier alpha value is -2.73. The molecule has 0 unspecified atom stereocenters. The number of carbonyl (C=O) groups is 2. The Balaban J connectivity index is 1.93. The van der Waals surface area contributed by atoms with E-state index in [1.54, 1.807) is 0 Å². The van der Waals surface area contributed by atoms with Crippen molar-refractivity contribution in [1.29, 1.82) is 0 Å². The van der Waals surface area contributed by atoms with Gasteiger partial charge in [0, 0.05) is 18.7 Å². The first kappa shape index (κ1) is 23.5. The summed E-state index contributed by atoms with van der Waals surface area (Å²) < 4.78 is 13.1. The summed E-state index contributed by atoms with van der Waals surface area (Å²) in [7, 11) is 0. The summed E-state index contributed by atoms with van der Waals surface area (Å²) in [6.45, 7) is 11.3. The number of halogens is 1. The molecule has 2 N–H and O–H groups in total. The largest absolute Gasteiger partial charge is 0.350 e. The van der Waals surface area contributed by atoms with Crippen molar-refractivity contribution in [2.24, 2.45) is 5.92 Å². The fraction of sp³-hybridized carbons (Fsp3) is 0.417. The molecule has 0 saturated heterocycles. The third-order valence-electron chi connectivity index (χ3n) is 5.13. The number of benzene rings is 2. The van der Waals surface area contributed by atoms with Gasteiger partial charge in [-0.15, -0.1) is 0 Å². The Morgan fingerprint density at radius 2 is 1.50 bits per heavy atom. The Bertz CT molecular complexity index is 815. The highest BCUT2D eigenvalue weighted by Gasteiger charge is 2.24. The van der Waals surface area contributed by atoms with E-state index in [2.05, 4.69) is 41.5 Å². The number of hydrogen-bond acceptors (Lipinski definition) is 3. The summed E-state index contributed by atoms with van der Waals surface area (Å²) >= 11 is 0. The maximum atomic E-state index is 13.1. The van der Waals surface area contributed by atoms with Crippen molar-refractivity contribution in [2.75, 3.05) is 13.1 Å². The van der Waals surface area contributed by atoms with Gasteiger partial charge in [0.2, 0.25) is 5.91 Å². The Labute approximate surface area is 178 Å². The molecule has 0 aliphatic heterocycles. The number of carbonyl (C=O) groups excluding carboxylic acids is 2. The van der Waals surface area contributed by atoms with Gasteiger partial charge in [-0.3, -0.25) is 14.5 Å². The molecule has 2 aromatic carbocycles. The molecule has 0 fully saturated rings. The average molecular weight is 414 g/mol. The second-order valence-corrected chi connectivity index (χ2v) is 7.70. The molecular weight excluding hydrogens is 381 g/mol. The van der Waals surface area contributed by atoms with Gasteiger partial charge >= 0.3 is 0 Å². The molecule has 0 heterocycles. The van der Waals surface area contributed by atoms with E-state index in [0.29, 0.717) is 12.1 Å². The smallest absolute Gasteiger partial charge is 0.251 e. The van der Waals surface area contributed by atoms with E-state index in [0.717, 1.165) is 25.2 Å². The third-order valence-corrected chi connectivity index (χ3v) is 5.13. The van der Waals surface area contributed by atoms with Crippen molar-refractivity contribution >= 4 is 11.8 Å². The molecule has 0 aliphatic carbocycles. The van der Waals surface area contributed by atoms with Crippen molar-refractivity contribution < 1.29 is 14.0 Å². The first-order valence-corrected chi connectivity index (χ1v) is 10.5. The molecule has 0 aliphatic rings. The first-order chi connectivity index (χ1) is 14.3. The van der Waals surface area contributed by atoms with Crippen LogP contribution in [0.4, 0.5) is 4.39 Å². The van der Waals surface area contributed by atoms with Gasteiger partial charge in [0.05, 0.1) is 0 Å². The third kappa shape index (κ3) is 6.95. The molecule has 1 atom stereocenters. The van der Waals surface area contributed by atoms with E-state index in [-0.39, 0.29) is 11.8 Å². The fourth-order valence-corrected chi connectivity index (χ4v) is 3.13. The average Bonchev–Trinajstić information content (AvgIpc) is 2.75. The highest BCUT2D eigenvalue weighted by atomic mass is 19.1. The standard InChI is InChI=1S/C24H32FN3O2/c1-5-28(6-2)16-19-9-7-18(8-10-19)15-26-24(30)22(17(3)4)27-23(29)20-11-13-21(25)14-12-20/h7-14,17,22H,5-6,15-16H2,1-4H3,(H,26,30)(H,27,29)/t22-/m0/s1. The molecule has 162 valence electrons. The molecule has 0 spiro atoms. The first-order valence-electron chi connectivity index (χ1n) is 10.5. The zero-order chi connectivity index (χ0) is 22.1. The number of rotatable bonds is 10. The maximum Gasteiger partial charge on any atom is 0.251 e. The lowest BCUT2D eigenvalue weighted by molar-refractivity contribution is -0.124. The Morgan fingerprint density at radius 3 is 2.03 bits per heavy atom. The van der Waals surface area contributed by atoms with Gasteiger partial charge in [0.25, 0.3) is 5.91 Å². The van der Waals surface area contributed by atoms with Crippen LogP contribution in [0.2, 0.25) is 0 Å². The van der Waals surface area contributed by atoms with E-state index in [9.17, 15) is 14.0 Å². The van der Waals surface area contributed by atoms with Crippen LogP contribution in [0.1, 0.15) is 49.2 Å². The predicted molar refractivity (Wildman–Crippen MR) is 117 cm³/mol. The van der Waals surface area contributed by atoms with Gasteiger partial charge in [-0.25, -0.2) is 4.39 Å². The van der Waals surface area contributed by atoms with Crippen LogP contribution in [0.3, 0.4) is 0 Å². The highest BCUT2D eigenvalue weighted by molar-refractivity contribution is 5.97. The van der Waals surface area contributed by atoms with Crippen LogP contribution in [0.15, 0.2) is 48.5 Å². The van der Waals surface area contributed by atoms with Gasteiger partial charge < -0.3 is 10.6 Å². The topological polar surface area (TPSA) is 61.4 Å². The summed E-state index contributed by atoms with van der Waals surface area (Å²) in [5, 5.41) is 5.66. The van der Waals surface area contributed by atoms with E-state index in [1.165, 1.54) is 29.8 Å². The number of hydrogen-bond donors (Lipinski definition) is 2. The van der Waals surface area contributed by atoms with Crippen LogP contribution in [0.25, 0.3) is 0 Å². The summed E-state index contributed by atoms with van der Waals surface area (Å²) in [6, 6.07) is 12.8. The van der Waals surface area contributed by atoms with E-state index in [1.807, 2.05) is 26.0 Å². The van der Waals surface area contributed by atoms with Gasteiger partial charge in [-0.1, -0.05) is 52.0 Å². The van der Waals surface area contributed by atoms with Gasteiger partial charge in [0.15, 0.2) is 0 Å². The molecular formula is C24H32FN3O2. The Kier molecular flexibility index (Phi) is 8.99.